The van der Waals surface area contributed by atoms with Crippen molar-refractivity contribution in [3.63, 3.8) is 0 Å². The third-order valence-electron chi connectivity index (χ3n) is 1.30. The summed E-state index contributed by atoms with van der Waals surface area (Å²) in [5.41, 5.74) is 0. The van der Waals surface area contributed by atoms with Crippen LogP contribution in [-0.4, -0.2) is 22.5 Å². The van der Waals surface area contributed by atoms with E-state index in [9.17, 15) is 19.8 Å². The van der Waals surface area contributed by atoms with Gasteiger partial charge in [-0.1, -0.05) is 0 Å². The molecule has 0 heterocycles. The molecule has 90 valence electrons. The molecule has 0 unspecified atom stereocenters. The van der Waals surface area contributed by atoms with E-state index >= 15 is 0 Å². The van der Waals surface area contributed by atoms with E-state index in [1.54, 1.807) is 0 Å². The Balaban J connectivity index is 0. The molecule has 6 nitrogen and oxygen atoms in total. The van der Waals surface area contributed by atoms with Crippen LogP contribution in [0.4, 0.5) is 9.59 Å². The molecule has 0 aliphatic carbocycles. The molecule has 0 aliphatic rings. The van der Waals surface area contributed by atoms with Crippen molar-refractivity contribution in [3.8, 4) is 0 Å². The summed E-state index contributed by atoms with van der Waals surface area (Å²) in [5, 5.41) is 20.4. The van der Waals surface area contributed by atoms with Crippen LogP contribution in [0.15, 0.2) is 0 Å². The summed E-state index contributed by atoms with van der Waals surface area (Å²) in [6, 6.07) is 0. The maximum atomic E-state index is 10.2. The molecule has 0 fully saturated rings. The largest absolute Gasteiger partial charge is 2.00 e. The fourth-order valence-corrected chi connectivity index (χ4v) is 2.38. The van der Waals surface area contributed by atoms with E-state index in [2.05, 4.69) is 25.3 Å². The Morgan fingerprint density at radius 1 is 1.19 bits per heavy atom. The van der Waals surface area contributed by atoms with Crippen LogP contribution in [0.2, 0.25) is 0 Å². The molecule has 0 bridgehead atoms. The summed E-state index contributed by atoms with van der Waals surface area (Å²) in [4.78, 5) is 20.4. The summed E-state index contributed by atoms with van der Waals surface area (Å²) in [7, 11) is 0. The predicted molar refractivity (Wildman–Crippen MR) is 61.9 cm³/mol. The van der Waals surface area contributed by atoms with E-state index in [0.717, 1.165) is 0 Å². The molecule has 0 spiro atoms. The molecule has 0 aliphatic heterocycles. The van der Waals surface area contributed by atoms with Gasteiger partial charge in [0.1, 0.15) is 12.2 Å². The van der Waals surface area contributed by atoms with Gasteiger partial charge in [0.15, 0.2) is 0 Å². The number of thiol groups is 3. The van der Waals surface area contributed by atoms with E-state index in [-0.39, 0.29) is 24.1 Å². The average molecular weight is 338 g/mol. The summed E-state index contributed by atoms with van der Waals surface area (Å²) < 4.78 is 3.84. The van der Waals surface area contributed by atoms with Crippen LogP contribution in [0.3, 0.4) is 0 Å². The maximum absolute atomic E-state index is 10.2. The second-order valence-electron chi connectivity index (χ2n) is 2.57. The van der Waals surface area contributed by atoms with Crippen molar-refractivity contribution in [3.05, 3.63) is 0 Å². The maximum Gasteiger partial charge on any atom is 2.00 e. The Labute approximate surface area is 120 Å². The van der Waals surface area contributed by atoms with Crippen molar-refractivity contribution in [2.24, 2.45) is 0 Å². The van der Waals surface area contributed by atoms with Crippen molar-refractivity contribution < 1.29 is 39.3 Å². The van der Waals surface area contributed by atoms with Crippen LogP contribution in [0.25, 0.3) is 0 Å². The minimum atomic E-state index is -1.56. The van der Waals surface area contributed by atoms with E-state index in [0.29, 0.717) is 18.6 Å². The number of rotatable bonds is 6. The summed E-state index contributed by atoms with van der Waals surface area (Å²) in [6.45, 7) is 0. The van der Waals surface area contributed by atoms with Gasteiger partial charge >= 0.3 is 19.5 Å². The van der Waals surface area contributed by atoms with E-state index < -0.39 is 23.5 Å². The van der Waals surface area contributed by atoms with Gasteiger partial charge in [0, 0.05) is 10.3 Å². The van der Waals surface area contributed by atoms with Gasteiger partial charge in [-0.05, 0) is 12.8 Å². The van der Waals surface area contributed by atoms with Crippen molar-refractivity contribution >= 4 is 48.7 Å². The third kappa shape index (κ3) is 12.3. The van der Waals surface area contributed by atoms with Crippen LogP contribution >= 0.6 is 36.5 Å². The summed E-state index contributed by atoms with van der Waals surface area (Å²) in [6.07, 6.45) is -1.77. The second-order valence-corrected chi connectivity index (χ2v) is 5.98. The number of carbonyl (C=O) groups is 2. The smallest absolute Gasteiger partial charge is 0.529 e. The van der Waals surface area contributed by atoms with Gasteiger partial charge in [-0.2, -0.15) is 25.3 Å². The summed E-state index contributed by atoms with van der Waals surface area (Å²) in [5.74, 6) is 0.356. The van der Waals surface area contributed by atoms with Crippen molar-refractivity contribution in [2.45, 2.75) is 17.4 Å². The van der Waals surface area contributed by atoms with E-state index in [4.69, 9.17) is 0 Å². The van der Waals surface area contributed by atoms with Crippen LogP contribution in [0.5, 0.6) is 0 Å². The molecule has 16 heavy (non-hydrogen) atoms. The number of carbonyl (C=O) groups excluding carboxylic acids is 2. The molecule has 2 amide bonds. The zero-order valence-electron chi connectivity index (χ0n) is 8.38. The first-order valence-electron chi connectivity index (χ1n) is 4.00. The molecule has 0 saturated heterocycles. The molecule has 0 aromatic carbocycles. The SMILES string of the molecule is O=C([O-])N[SH](CCCC(S)S)NC(=O)[O-].[Zn+2]. The first-order valence-corrected chi connectivity index (χ1v) is 6.56. The predicted octanol–water partition coefficient (Wildman–Crippen LogP) is -1.35. The monoisotopic (exact) mass is 336 g/mol. The number of carboxylic acid groups (broad SMARTS) is 2. The molecule has 10 heteroatoms. The molecule has 0 atom stereocenters. The van der Waals surface area contributed by atoms with E-state index in [1.165, 1.54) is 0 Å². The summed E-state index contributed by atoms with van der Waals surface area (Å²) >= 11 is 6.46. The standard InChI is InChI=1S/C6H14N2O4S3.Zn/c9-5(10)7-15(8-6(11)12)3-1-2-4(13)14;/h4,7-8,13-15H,1-3H2,(H,9,10)(H,11,12);/q;+2/p-2. The number of hydrogen-bond acceptors (Lipinski definition) is 6. The van der Waals surface area contributed by atoms with Gasteiger partial charge in [0.25, 0.3) is 0 Å². The Morgan fingerprint density at radius 3 is 1.94 bits per heavy atom. The van der Waals surface area contributed by atoms with Crippen molar-refractivity contribution in [1.82, 2.24) is 9.44 Å². The van der Waals surface area contributed by atoms with Gasteiger partial charge in [0.2, 0.25) is 0 Å². The first-order chi connectivity index (χ1) is 6.91. The fourth-order valence-electron chi connectivity index (χ4n) is 0.792. The Kier molecular flexibility index (Phi) is 12.0. The Morgan fingerprint density at radius 2 is 1.62 bits per heavy atom. The quantitative estimate of drug-likeness (QED) is 0.235. The first kappa shape index (κ1) is 18.6. The molecule has 0 saturated carbocycles. The fraction of sp³-hybridized carbons (Fsp3) is 0.667. The van der Waals surface area contributed by atoms with Gasteiger partial charge in [-0.15, -0.1) is 11.3 Å². The Bertz CT molecular complexity index is 216. The van der Waals surface area contributed by atoms with E-state index in [1.807, 2.05) is 9.44 Å². The molecular formula is C6H12N2O4S3Zn. The molecule has 0 aromatic heterocycles. The van der Waals surface area contributed by atoms with Gasteiger partial charge in [0.05, 0.1) is 0 Å². The van der Waals surface area contributed by atoms with Crippen LogP contribution < -0.4 is 19.7 Å². The number of nitrogens with one attached hydrogen (secondary N) is 2. The zero-order chi connectivity index (χ0) is 11.8. The molecule has 2 N–H and O–H groups in total. The van der Waals surface area contributed by atoms with Gasteiger partial charge in [-0.3, -0.25) is 0 Å². The van der Waals surface area contributed by atoms with Crippen LogP contribution in [0.1, 0.15) is 12.8 Å². The minimum Gasteiger partial charge on any atom is -0.529 e. The number of amides is 2. The second kappa shape index (κ2) is 10.4. The topological polar surface area (TPSA) is 104 Å². The number of hydrogen-bond donors (Lipinski definition) is 5. The molecule has 0 radical (unpaired) electrons. The minimum absolute atomic E-state index is 0. The van der Waals surface area contributed by atoms with Gasteiger partial charge < -0.3 is 29.2 Å². The van der Waals surface area contributed by atoms with Gasteiger partial charge in [-0.25, -0.2) is 0 Å². The van der Waals surface area contributed by atoms with Crippen molar-refractivity contribution in [1.29, 1.82) is 0 Å². The third-order valence-corrected chi connectivity index (χ3v) is 3.48. The van der Waals surface area contributed by atoms with Crippen LogP contribution in [-0.2, 0) is 19.5 Å². The van der Waals surface area contributed by atoms with Crippen LogP contribution in [0, 0.1) is 0 Å². The average Bonchev–Trinajstić information content (AvgIpc) is 2.00. The zero-order valence-corrected chi connectivity index (χ0v) is 14.0. The Hall–Kier alpha value is 0.213. The van der Waals surface area contributed by atoms with Crippen molar-refractivity contribution in [2.75, 3.05) is 5.75 Å². The normalized spacial score (nSPS) is 10.3. The molecule has 0 rings (SSSR count). The molecular weight excluding hydrogens is 326 g/mol. The molecule has 0 aromatic rings.